The maximum absolute atomic E-state index is 11.5. The van der Waals surface area contributed by atoms with E-state index in [0.29, 0.717) is 0 Å². The smallest absolute Gasteiger partial charge is 0.318 e. The normalized spacial score (nSPS) is 10.3. The fourth-order valence-corrected chi connectivity index (χ4v) is 1.60. The van der Waals surface area contributed by atoms with Crippen molar-refractivity contribution in [2.24, 2.45) is 0 Å². The van der Waals surface area contributed by atoms with Crippen molar-refractivity contribution < 1.29 is 19.4 Å². The third-order valence-corrected chi connectivity index (χ3v) is 2.53. The summed E-state index contributed by atoms with van der Waals surface area (Å²) in [6.45, 7) is 0. The van der Waals surface area contributed by atoms with Gasteiger partial charge in [-0.05, 0) is 0 Å². The summed E-state index contributed by atoms with van der Waals surface area (Å²) in [6.07, 6.45) is 0. The molecule has 0 saturated carbocycles. The van der Waals surface area contributed by atoms with Gasteiger partial charge in [-0.2, -0.15) is 0 Å². The standard InChI is InChI=1S/C9H6Cl2N2O6/c1-19-8-5(12(15)16)2-4(7(14)9(10)11)3-6(8)13(17)18/h2-3,9H,1H3. The zero-order valence-corrected chi connectivity index (χ0v) is 10.8. The number of nitrogens with zero attached hydrogens (tertiary/aromatic N) is 2. The highest BCUT2D eigenvalue weighted by Crippen LogP contribution is 2.38. The van der Waals surface area contributed by atoms with E-state index in [1.165, 1.54) is 0 Å². The number of hydrogen-bond donors (Lipinski definition) is 0. The van der Waals surface area contributed by atoms with Crippen LogP contribution in [0.4, 0.5) is 11.4 Å². The van der Waals surface area contributed by atoms with E-state index in [-0.39, 0.29) is 5.56 Å². The number of alkyl halides is 2. The Morgan fingerprint density at radius 1 is 1.21 bits per heavy atom. The zero-order valence-electron chi connectivity index (χ0n) is 9.33. The summed E-state index contributed by atoms with van der Waals surface area (Å²) >= 11 is 10.7. The van der Waals surface area contributed by atoms with E-state index >= 15 is 0 Å². The van der Waals surface area contributed by atoms with Gasteiger partial charge in [-0.25, -0.2) is 0 Å². The average Bonchev–Trinajstić information content (AvgIpc) is 2.35. The van der Waals surface area contributed by atoms with Gasteiger partial charge in [-0.15, -0.1) is 0 Å². The molecule has 0 saturated heterocycles. The molecule has 102 valence electrons. The summed E-state index contributed by atoms with van der Waals surface area (Å²) in [7, 11) is 1.04. The quantitative estimate of drug-likeness (QED) is 0.357. The van der Waals surface area contributed by atoms with Crippen molar-refractivity contribution >= 4 is 40.4 Å². The molecule has 0 bridgehead atoms. The van der Waals surface area contributed by atoms with Crippen LogP contribution < -0.4 is 4.74 Å². The Labute approximate surface area is 116 Å². The van der Waals surface area contributed by atoms with Crippen molar-refractivity contribution in [1.29, 1.82) is 0 Å². The van der Waals surface area contributed by atoms with Gasteiger partial charge in [0.2, 0.25) is 0 Å². The van der Waals surface area contributed by atoms with Gasteiger partial charge >= 0.3 is 11.4 Å². The summed E-state index contributed by atoms with van der Waals surface area (Å²) in [4.78, 5) is 29.9. The lowest BCUT2D eigenvalue weighted by molar-refractivity contribution is -0.395. The highest BCUT2D eigenvalue weighted by atomic mass is 35.5. The van der Waals surface area contributed by atoms with Crippen LogP contribution in [0.25, 0.3) is 0 Å². The summed E-state index contributed by atoms with van der Waals surface area (Å²) < 4.78 is 4.63. The number of Topliss-reactive ketones (excluding diaryl/α,β-unsaturated/α-hetero) is 1. The number of hydrogen-bond acceptors (Lipinski definition) is 6. The van der Waals surface area contributed by atoms with Crippen LogP contribution in [-0.2, 0) is 0 Å². The van der Waals surface area contributed by atoms with Gasteiger partial charge in [-0.1, -0.05) is 23.2 Å². The Balaban J connectivity index is 3.59. The van der Waals surface area contributed by atoms with Gasteiger partial charge in [0, 0.05) is 17.7 Å². The second kappa shape index (κ2) is 5.81. The van der Waals surface area contributed by atoms with Crippen LogP contribution in [0.2, 0.25) is 0 Å². The Morgan fingerprint density at radius 3 is 1.89 bits per heavy atom. The molecule has 8 nitrogen and oxygen atoms in total. The van der Waals surface area contributed by atoms with Crippen molar-refractivity contribution in [3.05, 3.63) is 37.9 Å². The van der Waals surface area contributed by atoms with E-state index in [0.717, 1.165) is 19.2 Å². The molecule has 0 atom stereocenters. The van der Waals surface area contributed by atoms with Crippen LogP contribution in [0.3, 0.4) is 0 Å². The monoisotopic (exact) mass is 308 g/mol. The lowest BCUT2D eigenvalue weighted by atomic mass is 10.1. The number of nitro groups is 2. The molecule has 0 aromatic heterocycles. The molecule has 0 radical (unpaired) electrons. The number of rotatable bonds is 5. The molecule has 0 N–H and O–H groups in total. The van der Waals surface area contributed by atoms with E-state index in [1.807, 2.05) is 0 Å². The highest BCUT2D eigenvalue weighted by molar-refractivity contribution is 6.55. The summed E-state index contributed by atoms with van der Waals surface area (Å²) in [5.41, 5.74) is -1.77. The van der Waals surface area contributed by atoms with E-state index < -0.39 is 37.6 Å². The van der Waals surface area contributed by atoms with Crippen LogP contribution in [0.5, 0.6) is 5.75 Å². The van der Waals surface area contributed by atoms with Crippen LogP contribution >= 0.6 is 23.2 Å². The number of ketones is 1. The van der Waals surface area contributed by atoms with E-state index in [9.17, 15) is 25.0 Å². The third kappa shape index (κ3) is 3.09. The first kappa shape index (κ1) is 15.1. The van der Waals surface area contributed by atoms with Crippen LogP contribution in [-0.4, -0.2) is 27.6 Å². The average molecular weight is 309 g/mol. The maximum Gasteiger partial charge on any atom is 0.318 e. The van der Waals surface area contributed by atoms with Crippen LogP contribution in [0, 0.1) is 20.2 Å². The second-order valence-electron chi connectivity index (χ2n) is 3.23. The van der Waals surface area contributed by atoms with Gasteiger partial charge in [-0.3, -0.25) is 25.0 Å². The topological polar surface area (TPSA) is 113 Å². The molecular weight excluding hydrogens is 303 g/mol. The van der Waals surface area contributed by atoms with Gasteiger partial charge in [0.15, 0.2) is 10.6 Å². The largest absolute Gasteiger partial charge is 0.485 e. The van der Waals surface area contributed by atoms with Gasteiger partial charge in [0.1, 0.15) is 0 Å². The molecule has 1 aromatic carbocycles. The molecular formula is C9H6Cl2N2O6. The fraction of sp³-hybridized carbons (Fsp3) is 0.222. The number of methoxy groups -OCH3 is 1. The Kier molecular flexibility index (Phi) is 4.62. The Morgan fingerprint density at radius 2 is 1.63 bits per heavy atom. The molecule has 0 spiro atoms. The van der Waals surface area contributed by atoms with E-state index in [1.54, 1.807) is 0 Å². The van der Waals surface area contributed by atoms with Gasteiger partial charge in [0.25, 0.3) is 5.75 Å². The summed E-state index contributed by atoms with van der Waals surface area (Å²) in [6, 6.07) is 1.65. The number of ether oxygens (including phenoxy) is 1. The van der Waals surface area contributed by atoms with Gasteiger partial charge in [0.05, 0.1) is 17.0 Å². The molecule has 19 heavy (non-hydrogen) atoms. The number of halogens is 2. The summed E-state index contributed by atoms with van der Waals surface area (Å²) in [5, 5.41) is 21.7. The molecule has 0 heterocycles. The molecule has 0 amide bonds. The maximum atomic E-state index is 11.5. The second-order valence-corrected chi connectivity index (χ2v) is 4.32. The number of nitro benzene ring substituents is 2. The predicted molar refractivity (Wildman–Crippen MR) is 66.1 cm³/mol. The van der Waals surface area contributed by atoms with Crippen molar-refractivity contribution in [2.75, 3.05) is 7.11 Å². The number of carbonyl (C=O) groups is 1. The minimum absolute atomic E-state index is 0.339. The predicted octanol–water partition coefficient (Wildman–Crippen LogP) is 2.50. The minimum atomic E-state index is -1.48. The number of benzene rings is 1. The van der Waals surface area contributed by atoms with E-state index in [2.05, 4.69) is 4.74 Å². The summed E-state index contributed by atoms with van der Waals surface area (Å²) in [5.74, 6) is -1.43. The highest BCUT2D eigenvalue weighted by Gasteiger charge is 2.30. The first-order chi connectivity index (χ1) is 8.79. The number of carbonyl (C=O) groups excluding carboxylic acids is 1. The molecule has 1 aromatic rings. The Hall–Kier alpha value is -1.93. The first-order valence-electron chi connectivity index (χ1n) is 4.62. The van der Waals surface area contributed by atoms with Crippen LogP contribution in [0.1, 0.15) is 10.4 Å². The molecule has 0 fully saturated rings. The fourth-order valence-electron chi connectivity index (χ4n) is 1.35. The van der Waals surface area contributed by atoms with Crippen molar-refractivity contribution in [1.82, 2.24) is 0 Å². The first-order valence-corrected chi connectivity index (χ1v) is 5.50. The zero-order chi connectivity index (χ0) is 14.7. The van der Waals surface area contributed by atoms with Crippen molar-refractivity contribution in [3.63, 3.8) is 0 Å². The molecule has 0 aliphatic carbocycles. The van der Waals surface area contributed by atoms with Crippen LogP contribution in [0.15, 0.2) is 12.1 Å². The molecule has 0 aliphatic heterocycles. The van der Waals surface area contributed by atoms with Crippen molar-refractivity contribution in [3.8, 4) is 5.75 Å². The van der Waals surface area contributed by atoms with Gasteiger partial charge < -0.3 is 4.74 Å². The minimum Gasteiger partial charge on any atom is -0.485 e. The Bertz CT molecular complexity index is 525. The molecule has 1 rings (SSSR count). The lowest BCUT2D eigenvalue weighted by Crippen LogP contribution is -2.10. The molecule has 0 aliphatic rings. The molecule has 10 heteroatoms. The third-order valence-electron chi connectivity index (χ3n) is 2.13. The van der Waals surface area contributed by atoms with E-state index in [4.69, 9.17) is 23.2 Å². The van der Waals surface area contributed by atoms with Crippen molar-refractivity contribution in [2.45, 2.75) is 4.84 Å². The SMILES string of the molecule is COc1c([N+](=O)[O-])cc(C(=O)C(Cl)Cl)cc1[N+](=O)[O-]. The lowest BCUT2D eigenvalue weighted by Gasteiger charge is -2.06. The molecule has 0 unspecified atom stereocenters.